The largest absolute Gasteiger partial charge is 0.496 e. The van der Waals surface area contributed by atoms with Crippen molar-refractivity contribution in [1.29, 1.82) is 0 Å². The molecule has 1 fully saturated rings. The maximum atomic E-state index is 14.2. The van der Waals surface area contributed by atoms with E-state index in [0.717, 1.165) is 15.2 Å². The Morgan fingerprint density at radius 1 is 1.18 bits per heavy atom. The van der Waals surface area contributed by atoms with Crippen molar-refractivity contribution in [3.05, 3.63) is 56.9 Å². The first-order chi connectivity index (χ1) is 18.3. The highest BCUT2D eigenvalue weighted by molar-refractivity contribution is 7.88. The Bertz CT molecular complexity index is 1460. The van der Waals surface area contributed by atoms with Gasteiger partial charge in [-0.05, 0) is 30.7 Å². The number of benzene rings is 1. The van der Waals surface area contributed by atoms with E-state index in [-0.39, 0.29) is 41.8 Å². The molecule has 0 bridgehead atoms. The van der Waals surface area contributed by atoms with Crippen LogP contribution in [0.4, 0.5) is 13.2 Å². The number of hydrogen-bond acceptors (Lipinski definition) is 8. The second kappa shape index (κ2) is 11.4. The van der Waals surface area contributed by atoms with Gasteiger partial charge in [0.05, 0.1) is 36.3 Å². The minimum atomic E-state index is -4.66. The molecular formula is C24H25ClF3N3O6S2. The van der Waals surface area contributed by atoms with E-state index in [4.69, 9.17) is 25.8 Å². The molecule has 0 spiro atoms. The van der Waals surface area contributed by atoms with Gasteiger partial charge in [-0.2, -0.15) is 23.0 Å². The highest BCUT2D eigenvalue weighted by Gasteiger charge is 2.51. The lowest BCUT2D eigenvalue weighted by Gasteiger charge is -2.37. The standard InChI is InChI=1S/C24H25ClF3N3O6S2/c1-35-18-7-5-4-6-15(18)22(32)31-23(37-13-14-8-9-19(25)38-14)21(36-2)20(29-31)16-12-30(39(3,33)34)11-10-17(16)24(26,27)28/h4-9,16-17H,10-13H2,1-3H3. The Morgan fingerprint density at radius 3 is 2.49 bits per heavy atom. The van der Waals surface area contributed by atoms with Gasteiger partial charge >= 0.3 is 6.18 Å². The van der Waals surface area contributed by atoms with Crippen molar-refractivity contribution < 1.29 is 40.6 Å². The van der Waals surface area contributed by atoms with E-state index in [1.807, 2.05) is 0 Å². The number of para-hydroxylation sites is 1. The van der Waals surface area contributed by atoms with E-state index in [0.29, 0.717) is 9.21 Å². The van der Waals surface area contributed by atoms with Crippen molar-refractivity contribution in [2.75, 3.05) is 33.6 Å². The number of thiophene rings is 1. The Morgan fingerprint density at radius 2 is 1.90 bits per heavy atom. The number of aromatic nitrogens is 2. The predicted molar refractivity (Wildman–Crippen MR) is 138 cm³/mol. The zero-order valence-electron chi connectivity index (χ0n) is 21.1. The van der Waals surface area contributed by atoms with Gasteiger partial charge in [-0.25, -0.2) is 12.7 Å². The number of carbonyl (C=O) groups excluding carboxylic acids is 1. The van der Waals surface area contributed by atoms with Crippen LogP contribution in [-0.2, 0) is 16.6 Å². The maximum absolute atomic E-state index is 14.2. The molecule has 2 aromatic heterocycles. The first kappa shape index (κ1) is 29.2. The summed E-state index contributed by atoms with van der Waals surface area (Å²) in [4.78, 5) is 14.3. The predicted octanol–water partition coefficient (Wildman–Crippen LogP) is 4.81. The molecule has 3 heterocycles. The lowest BCUT2D eigenvalue weighted by molar-refractivity contribution is -0.188. The second-order valence-electron chi connectivity index (χ2n) is 8.80. The quantitative estimate of drug-likeness (QED) is 0.362. The SMILES string of the molecule is COc1ccccc1C(=O)n1nc(C2CN(S(C)(=O)=O)CCC2C(F)(F)F)c(OC)c1OCc1ccc(Cl)s1. The van der Waals surface area contributed by atoms with Crippen LogP contribution in [0.5, 0.6) is 17.4 Å². The summed E-state index contributed by atoms with van der Waals surface area (Å²) >= 11 is 7.22. The smallest absolute Gasteiger partial charge is 0.392 e. The van der Waals surface area contributed by atoms with E-state index in [1.54, 1.807) is 30.3 Å². The van der Waals surface area contributed by atoms with Crippen LogP contribution in [0, 0.1) is 5.92 Å². The van der Waals surface area contributed by atoms with Crippen molar-refractivity contribution in [2.24, 2.45) is 5.92 Å². The molecule has 1 aliphatic heterocycles. The molecule has 1 aromatic carbocycles. The fourth-order valence-electron chi connectivity index (χ4n) is 4.50. The summed E-state index contributed by atoms with van der Waals surface area (Å²) in [6, 6.07) is 9.62. The summed E-state index contributed by atoms with van der Waals surface area (Å²) < 4.78 is 86.0. The van der Waals surface area contributed by atoms with Gasteiger partial charge in [-0.15, -0.1) is 11.3 Å². The lowest BCUT2D eigenvalue weighted by atomic mass is 9.83. The molecule has 212 valence electrons. The molecule has 2 unspecified atom stereocenters. The van der Waals surface area contributed by atoms with Gasteiger partial charge in [0, 0.05) is 23.9 Å². The molecule has 0 N–H and O–H groups in total. The molecule has 0 saturated carbocycles. The summed E-state index contributed by atoms with van der Waals surface area (Å²) in [7, 11) is -1.22. The lowest BCUT2D eigenvalue weighted by Crippen LogP contribution is -2.46. The van der Waals surface area contributed by atoms with Gasteiger partial charge in [-0.1, -0.05) is 23.7 Å². The third-order valence-corrected chi connectivity index (χ3v) is 8.83. The number of piperidine rings is 1. The first-order valence-corrected chi connectivity index (χ1v) is 14.6. The van der Waals surface area contributed by atoms with Crippen molar-refractivity contribution in [3.8, 4) is 17.4 Å². The maximum Gasteiger partial charge on any atom is 0.392 e. The number of halogens is 4. The Balaban J connectivity index is 1.86. The topological polar surface area (TPSA) is 100.0 Å². The molecule has 0 aliphatic carbocycles. The minimum Gasteiger partial charge on any atom is -0.496 e. The third kappa shape index (κ3) is 6.18. The molecule has 1 saturated heterocycles. The summed E-state index contributed by atoms with van der Waals surface area (Å²) in [5, 5.41) is 4.27. The third-order valence-electron chi connectivity index (χ3n) is 6.36. The molecule has 39 heavy (non-hydrogen) atoms. The van der Waals surface area contributed by atoms with Gasteiger partial charge in [-0.3, -0.25) is 4.79 Å². The zero-order chi connectivity index (χ0) is 28.5. The number of methoxy groups -OCH3 is 2. The molecule has 0 radical (unpaired) electrons. The highest BCUT2D eigenvalue weighted by atomic mass is 35.5. The zero-order valence-corrected chi connectivity index (χ0v) is 23.5. The summed E-state index contributed by atoms with van der Waals surface area (Å²) in [6.07, 6.45) is -4.22. The van der Waals surface area contributed by atoms with Crippen molar-refractivity contribution in [2.45, 2.75) is 25.1 Å². The molecule has 4 rings (SSSR count). The number of alkyl halides is 3. The van der Waals surface area contributed by atoms with E-state index in [2.05, 4.69) is 5.10 Å². The minimum absolute atomic E-state index is 0.0782. The van der Waals surface area contributed by atoms with Crippen LogP contribution >= 0.6 is 22.9 Å². The normalized spacial score (nSPS) is 18.6. The number of hydrogen-bond donors (Lipinski definition) is 0. The van der Waals surface area contributed by atoms with E-state index in [9.17, 15) is 26.4 Å². The van der Waals surface area contributed by atoms with Crippen molar-refractivity contribution >= 4 is 38.9 Å². The highest BCUT2D eigenvalue weighted by Crippen LogP contribution is 2.48. The molecule has 15 heteroatoms. The van der Waals surface area contributed by atoms with Gasteiger partial charge in [0.1, 0.15) is 18.1 Å². The first-order valence-electron chi connectivity index (χ1n) is 11.6. The van der Waals surface area contributed by atoms with Gasteiger partial charge in [0.15, 0.2) is 0 Å². The van der Waals surface area contributed by atoms with Crippen LogP contribution < -0.4 is 14.2 Å². The molecule has 3 aromatic rings. The van der Waals surface area contributed by atoms with Crippen LogP contribution in [0.3, 0.4) is 0 Å². The number of sulfonamides is 1. The Hall–Kier alpha value is -2.81. The second-order valence-corrected chi connectivity index (χ2v) is 12.6. The number of ether oxygens (including phenoxy) is 3. The Kier molecular flexibility index (Phi) is 8.50. The van der Waals surface area contributed by atoms with Crippen molar-refractivity contribution in [3.63, 3.8) is 0 Å². The Labute approximate surface area is 232 Å². The molecular weight excluding hydrogens is 583 g/mol. The molecule has 0 amide bonds. The average Bonchev–Trinajstić information content (AvgIpc) is 3.48. The number of rotatable bonds is 8. The average molecular weight is 608 g/mol. The monoisotopic (exact) mass is 607 g/mol. The fourth-order valence-corrected chi connectivity index (χ4v) is 6.37. The number of carbonyl (C=O) groups is 1. The van der Waals surface area contributed by atoms with Crippen LogP contribution in [0.1, 0.15) is 33.3 Å². The molecule has 1 aliphatic rings. The fraction of sp³-hybridized carbons (Fsp3) is 0.417. The van der Waals surface area contributed by atoms with Gasteiger partial charge in [0.2, 0.25) is 15.8 Å². The van der Waals surface area contributed by atoms with E-state index in [1.165, 1.54) is 31.6 Å². The van der Waals surface area contributed by atoms with Crippen LogP contribution in [0.2, 0.25) is 4.34 Å². The van der Waals surface area contributed by atoms with Gasteiger partial charge in [0.25, 0.3) is 11.8 Å². The molecule has 2 atom stereocenters. The van der Waals surface area contributed by atoms with Gasteiger partial charge < -0.3 is 14.2 Å². The summed E-state index contributed by atoms with van der Waals surface area (Å²) in [6.45, 7) is -0.884. The van der Waals surface area contributed by atoms with Crippen LogP contribution in [0.15, 0.2) is 36.4 Å². The van der Waals surface area contributed by atoms with E-state index >= 15 is 0 Å². The van der Waals surface area contributed by atoms with Crippen LogP contribution in [0.25, 0.3) is 0 Å². The molecule has 9 nitrogen and oxygen atoms in total. The van der Waals surface area contributed by atoms with Crippen LogP contribution in [-0.4, -0.2) is 68.2 Å². The van der Waals surface area contributed by atoms with E-state index < -0.39 is 46.9 Å². The number of nitrogens with zero attached hydrogens (tertiary/aromatic N) is 3. The summed E-state index contributed by atoms with van der Waals surface area (Å²) in [5.74, 6) is -4.35. The van der Waals surface area contributed by atoms with Crippen molar-refractivity contribution in [1.82, 2.24) is 14.1 Å². The summed E-state index contributed by atoms with van der Waals surface area (Å²) in [5.41, 5.74) is -0.162.